The third kappa shape index (κ3) is 3.24. The third-order valence-electron chi connectivity index (χ3n) is 2.76. The lowest BCUT2D eigenvalue weighted by Gasteiger charge is -2.11. The molecule has 2 aromatic carbocycles. The van der Waals surface area contributed by atoms with E-state index in [9.17, 15) is 4.39 Å². The van der Waals surface area contributed by atoms with Gasteiger partial charge in [-0.15, -0.1) is 0 Å². The summed E-state index contributed by atoms with van der Waals surface area (Å²) in [6.07, 6.45) is 0. The molecule has 0 radical (unpaired) electrons. The van der Waals surface area contributed by atoms with E-state index in [2.05, 4.69) is 0 Å². The van der Waals surface area contributed by atoms with E-state index < -0.39 is 5.82 Å². The Morgan fingerprint density at radius 3 is 2.60 bits per heavy atom. The number of nitrogens with two attached hydrogens (primary N) is 1. The number of benzene rings is 2. The summed E-state index contributed by atoms with van der Waals surface area (Å²) < 4.78 is 24.0. The van der Waals surface area contributed by atoms with Crippen molar-refractivity contribution in [1.29, 1.82) is 0 Å². The molecule has 0 saturated carbocycles. The number of hydrogen-bond acceptors (Lipinski definition) is 3. The van der Waals surface area contributed by atoms with E-state index in [0.717, 1.165) is 5.56 Å². The van der Waals surface area contributed by atoms with Crippen LogP contribution in [0.3, 0.4) is 0 Å². The van der Waals surface area contributed by atoms with Crippen molar-refractivity contribution in [2.24, 2.45) is 5.73 Å². The van der Waals surface area contributed by atoms with Crippen LogP contribution < -0.4 is 15.2 Å². The molecule has 0 unspecified atom stereocenters. The first kappa shape index (κ1) is 14.3. The second-order valence-electron chi connectivity index (χ2n) is 4.12. The fourth-order valence-corrected chi connectivity index (χ4v) is 1.92. The number of methoxy groups -OCH3 is 1. The molecule has 0 aliphatic carbocycles. The summed E-state index contributed by atoms with van der Waals surface area (Å²) in [6, 6.07) is 11.6. The zero-order valence-corrected chi connectivity index (χ0v) is 11.7. The summed E-state index contributed by atoms with van der Waals surface area (Å²) >= 11 is 4.97. The molecular weight excluding hydrogens is 277 g/mol. The largest absolute Gasteiger partial charge is 0.496 e. The van der Waals surface area contributed by atoms with E-state index in [1.165, 1.54) is 6.07 Å². The van der Waals surface area contributed by atoms with Crippen molar-refractivity contribution < 1.29 is 13.9 Å². The van der Waals surface area contributed by atoms with Crippen molar-refractivity contribution in [3.63, 3.8) is 0 Å². The van der Waals surface area contributed by atoms with E-state index in [1.54, 1.807) is 37.4 Å². The lowest BCUT2D eigenvalue weighted by molar-refractivity contribution is 0.290. The van der Waals surface area contributed by atoms with Crippen LogP contribution in [0.15, 0.2) is 42.5 Å². The SMILES string of the molecule is COc1ccc(COc2ccccc2F)cc1C(N)=S. The summed E-state index contributed by atoms with van der Waals surface area (Å²) in [4.78, 5) is 0.245. The smallest absolute Gasteiger partial charge is 0.165 e. The van der Waals surface area contributed by atoms with Crippen molar-refractivity contribution in [3.05, 3.63) is 59.4 Å². The Morgan fingerprint density at radius 1 is 1.20 bits per heavy atom. The average molecular weight is 291 g/mol. The molecule has 2 rings (SSSR count). The van der Waals surface area contributed by atoms with Gasteiger partial charge in [0.15, 0.2) is 11.6 Å². The van der Waals surface area contributed by atoms with Gasteiger partial charge in [-0.1, -0.05) is 30.4 Å². The topological polar surface area (TPSA) is 44.5 Å². The van der Waals surface area contributed by atoms with E-state index >= 15 is 0 Å². The second-order valence-corrected chi connectivity index (χ2v) is 4.56. The van der Waals surface area contributed by atoms with Gasteiger partial charge in [0.2, 0.25) is 0 Å². The van der Waals surface area contributed by atoms with Crippen LogP contribution in [0.25, 0.3) is 0 Å². The highest BCUT2D eigenvalue weighted by Crippen LogP contribution is 2.22. The monoisotopic (exact) mass is 291 g/mol. The standard InChI is InChI=1S/C15H14FNO2S/c1-18-13-7-6-10(8-11(13)15(17)20)9-19-14-5-3-2-4-12(14)16/h2-8H,9H2,1H3,(H2,17,20). The Hall–Kier alpha value is -2.14. The second kappa shape index (κ2) is 6.34. The molecule has 5 heteroatoms. The molecule has 2 N–H and O–H groups in total. The Labute approximate surface area is 122 Å². The molecule has 3 nitrogen and oxygen atoms in total. The molecule has 0 bridgehead atoms. The predicted molar refractivity (Wildman–Crippen MR) is 79.6 cm³/mol. The number of para-hydroxylation sites is 1. The minimum Gasteiger partial charge on any atom is -0.496 e. The van der Waals surface area contributed by atoms with Gasteiger partial charge < -0.3 is 15.2 Å². The van der Waals surface area contributed by atoms with Crippen LogP contribution in [0.1, 0.15) is 11.1 Å². The van der Waals surface area contributed by atoms with Crippen LogP contribution in [0.5, 0.6) is 11.5 Å². The molecular formula is C15H14FNO2S. The van der Waals surface area contributed by atoms with Crippen LogP contribution in [0.2, 0.25) is 0 Å². The lowest BCUT2D eigenvalue weighted by Crippen LogP contribution is -2.12. The van der Waals surface area contributed by atoms with Crippen molar-refractivity contribution in [2.45, 2.75) is 6.61 Å². The van der Waals surface area contributed by atoms with E-state index in [0.29, 0.717) is 11.3 Å². The summed E-state index contributed by atoms with van der Waals surface area (Å²) in [5.41, 5.74) is 7.11. The molecule has 0 aliphatic rings. The summed E-state index contributed by atoms with van der Waals surface area (Å²) in [5.74, 6) is 0.419. The minimum absolute atomic E-state index is 0.209. The molecule has 0 aliphatic heterocycles. The highest BCUT2D eigenvalue weighted by molar-refractivity contribution is 7.80. The van der Waals surface area contributed by atoms with Gasteiger partial charge in [0.25, 0.3) is 0 Å². The number of hydrogen-bond donors (Lipinski definition) is 1. The number of rotatable bonds is 5. The number of ether oxygens (including phenoxy) is 2. The zero-order valence-electron chi connectivity index (χ0n) is 10.9. The maximum Gasteiger partial charge on any atom is 0.165 e. The minimum atomic E-state index is -0.393. The highest BCUT2D eigenvalue weighted by atomic mass is 32.1. The van der Waals surface area contributed by atoms with E-state index in [-0.39, 0.29) is 17.3 Å². The van der Waals surface area contributed by atoms with Gasteiger partial charge in [0.05, 0.1) is 12.7 Å². The molecule has 20 heavy (non-hydrogen) atoms. The lowest BCUT2D eigenvalue weighted by atomic mass is 10.1. The van der Waals surface area contributed by atoms with Crippen molar-refractivity contribution in [3.8, 4) is 11.5 Å². The van der Waals surface area contributed by atoms with Crippen LogP contribution >= 0.6 is 12.2 Å². The Bertz CT molecular complexity index is 631. The van der Waals surface area contributed by atoms with Crippen LogP contribution in [0.4, 0.5) is 4.39 Å². The summed E-state index contributed by atoms with van der Waals surface area (Å²) in [6.45, 7) is 0.223. The van der Waals surface area contributed by atoms with E-state index in [4.69, 9.17) is 27.4 Å². The fourth-order valence-electron chi connectivity index (χ4n) is 1.76. The van der Waals surface area contributed by atoms with Crippen molar-refractivity contribution in [1.82, 2.24) is 0 Å². The van der Waals surface area contributed by atoms with Gasteiger partial charge in [-0.3, -0.25) is 0 Å². The van der Waals surface area contributed by atoms with Gasteiger partial charge in [0, 0.05) is 0 Å². The molecule has 2 aromatic rings. The first-order chi connectivity index (χ1) is 9.61. The van der Waals surface area contributed by atoms with Crippen LogP contribution in [0, 0.1) is 5.82 Å². The maximum atomic E-state index is 13.4. The molecule has 0 saturated heterocycles. The predicted octanol–water partition coefficient (Wildman–Crippen LogP) is 3.05. The summed E-state index contributed by atoms with van der Waals surface area (Å²) in [7, 11) is 1.55. The highest BCUT2D eigenvalue weighted by Gasteiger charge is 2.08. The Kier molecular flexibility index (Phi) is 4.53. The maximum absolute atomic E-state index is 13.4. The van der Waals surface area contributed by atoms with Crippen molar-refractivity contribution >= 4 is 17.2 Å². The number of thiocarbonyl (C=S) groups is 1. The zero-order chi connectivity index (χ0) is 14.5. The molecule has 104 valence electrons. The number of halogens is 1. The first-order valence-electron chi connectivity index (χ1n) is 5.96. The quantitative estimate of drug-likeness (QED) is 0.860. The molecule has 0 atom stereocenters. The van der Waals surface area contributed by atoms with Gasteiger partial charge in [0.1, 0.15) is 17.3 Å². The van der Waals surface area contributed by atoms with Crippen molar-refractivity contribution in [2.75, 3.05) is 7.11 Å². The average Bonchev–Trinajstić information content (AvgIpc) is 2.46. The van der Waals surface area contributed by atoms with Crippen LogP contribution in [-0.2, 0) is 6.61 Å². The molecule has 0 heterocycles. The third-order valence-corrected chi connectivity index (χ3v) is 2.98. The normalized spacial score (nSPS) is 10.1. The Balaban J connectivity index is 2.16. The molecule has 0 fully saturated rings. The van der Waals surface area contributed by atoms with Gasteiger partial charge in [-0.05, 0) is 29.8 Å². The van der Waals surface area contributed by atoms with Gasteiger partial charge >= 0.3 is 0 Å². The first-order valence-corrected chi connectivity index (χ1v) is 6.36. The van der Waals surface area contributed by atoms with E-state index in [1.807, 2.05) is 6.07 Å². The van der Waals surface area contributed by atoms with Gasteiger partial charge in [-0.2, -0.15) is 0 Å². The molecule has 0 aromatic heterocycles. The Morgan fingerprint density at radius 2 is 1.95 bits per heavy atom. The molecule has 0 amide bonds. The van der Waals surface area contributed by atoms with Crippen LogP contribution in [-0.4, -0.2) is 12.1 Å². The molecule has 0 spiro atoms. The summed E-state index contributed by atoms with van der Waals surface area (Å²) in [5, 5.41) is 0. The fraction of sp³-hybridized carbons (Fsp3) is 0.133. The van der Waals surface area contributed by atoms with Gasteiger partial charge in [-0.25, -0.2) is 4.39 Å².